The number of esters is 1. The van der Waals surface area contributed by atoms with Crippen LogP contribution in [0.15, 0.2) is 36.3 Å². The summed E-state index contributed by atoms with van der Waals surface area (Å²) in [5.41, 5.74) is 1.04. The lowest BCUT2D eigenvalue weighted by molar-refractivity contribution is -0.142. The zero-order chi connectivity index (χ0) is 19.6. The van der Waals surface area contributed by atoms with E-state index in [1.54, 1.807) is 0 Å². The Hall–Kier alpha value is -2.24. The van der Waals surface area contributed by atoms with Gasteiger partial charge in [-0.3, -0.25) is 9.69 Å². The fourth-order valence-electron chi connectivity index (χ4n) is 3.53. The molecule has 1 aliphatic rings. The summed E-state index contributed by atoms with van der Waals surface area (Å²) < 4.78 is 10.4. The van der Waals surface area contributed by atoms with Crippen molar-refractivity contribution in [3.63, 3.8) is 0 Å². The largest absolute Gasteiger partial charge is 0.516 e. The Morgan fingerprint density at radius 2 is 1.89 bits per heavy atom. The summed E-state index contributed by atoms with van der Waals surface area (Å²) in [7, 11) is 1.34. The van der Waals surface area contributed by atoms with Gasteiger partial charge in [-0.25, -0.2) is 4.79 Å². The standard InChI is InChI=1S/C21H30BNO4/c1-17(19-12-8-5-9-13-19)23(16-20(24)26-3)21(25)27-22(2)15-14-18-10-6-4-7-11-18/h4,6-7,10-11,14-15,17,19H,5,8-9,12-13,16H2,1-3H3/b15-14+/t17-/m0/s1. The van der Waals surface area contributed by atoms with E-state index >= 15 is 0 Å². The van der Waals surface area contributed by atoms with Crippen LogP contribution in [0.2, 0.25) is 6.82 Å². The maximum Gasteiger partial charge on any atom is 0.392 e. The van der Waals surface area contributed by atoms with Gasteiger partial charge in [-0.15, -0.1) is 0 Å². The zero-order valence-electron chi connectivity index (χ0n) is 16.6. The summed E-state index contributed by atoms with van der Waals surface area (Å²) >= 11 is 0. The van der Waals surface area contributed by atoms with Crippen molar-refractivity contribution in [2.45, 2.75) is 51.9 Å². The second-order valence-electron chi connectivity index (χ2n) is 7.20. The lowest BCUT2D eigenvalue weighted by atomic mass is 9.71. The average molecular weight is 371 g/mol. The number of benzene rings is 1. The Balaban J connectivity index is 2.01. The molecule has 1 aliphatic carbocycles. The molecule has 0 saturated heterocycles. The second-order valence-corrected chi connectivity index (χ2v) is 7.20. The molecule has 6 heteroatoms. The minimum Gasteiger partial charge on any atom is -0.516 e. The van der Waals surface area contributed by atoms with E-state index in [0.29, 0.717) is 5.92 Å². The lowest BCUT2D eigenvalue weighted by Gasteiger charge is -2.35. The third-order valence-electron chi connectivity index (χ3n) is 5.23. The maximum absolute atomic E-state index is 12.8. The van der Waals surface area contributed by atoms with Crippen molar-refractivity contribution in [2.75, 3.05) is 13.7 Å². The van der Waals surface area contributed by atoms with Gasteiger partial charge >= 0.3 is 19.0 Å². The van der Waals surface area contributed by atoms with Crippen LogP contribution in [0.3, 0.4) is 0 Å². The first-order chi connectivity index (χ1) is 13.0. The van der Waals surface area contributed by atoms with E-state index in [0.717, 1.165) is 18.4 Å². The van der Waals surface area contributed by atoms with Crippen molar-refractivity contribution >= 4 is 25.1 Å². The molecule has 0 spiro atoms. The van der Waals surface area contributed by atoms with E-state index in [2.05, 4.69) is 0 Å². The van der Waals surface area contributed by atoms with Crippen LogP contribution >= 0.6 is 0 Å². The molecular formula is C21H30BNO4. The fraction of sp³-hybridized carbons (Fsp3) is 0.524. The average Bonchev–Trinajstić information content (AvgIpc) is 2.71. The normalized spacial score (nSPS) is 16.0. The summed E-state index contributed by atoms with van der Waals surface area (Å²) in [4.78, 5) is 26.1. The molecule has 27 heavy (non-hydrogen) atoms. The third-order valence-corrected chi connectivity index (χ3v) is 5.23. The van der Waals surface area contributed by atoms with Crippen LogP contribution in [0.1, 0.15) is 44.6 Å². The first-order valence-electron chi connectivity index (χ1n) is 9.78. The quantitative estimate of drug-likeness (QED) is 0.525. The van der Waals surface area contributed by atoms with E-state index in [4.69, 9.17) is 9.39 Å². The zero-order valence-corrected chi connectivity index (χ0v) is 16.6. The number of ether oxygens (including phenoxy) is 1. The highest BCUT2D eigenvalue weighted by Gasteiger charge is 2.31. The van der Waals surface area contributed by atoms with Gasteiger partial charge in [0.25, 0.3) is 0 Å². The Morgan fingerprint density at radius 3 is 2.52 bits per heavy atom. The maximum atomic E-state index is 12.8. The smallest absolute Gasteiger partial charge is 0.392 e. The number of methoxy groups -OCH3 is 1. The predicted molar refractivity (Wildman–Crippen MR) is 108 cm³/mol. The molecule has 0 heterocycles. The number of hydrogen-bond donors (Lipinski definition) is 0. The van der Waals surface area contributed by atoms with Crippen molar-refractivity contribution < 1.29 is 19.0 Å². The molecule has 0 bridgehead atoms. The van der Waals surface area contributed by atoms with Gasteiger partial charge in [0.1, 0.15) is 6.54 Å². The van der Waals surface area contributed by atoms with Gasteiger partial charge in [-0.1, -0.05) is 61.6 Å². The molecule has 1 amide bonds. The van der Waals surface area contributed by atoms with Gasteiger partial charge < -0.3 is 9.39 Å². The molecule has 0 aromatic heterocycles. The van der Waals surface area contributed by atoms with Gasteiger partial charge in [-0.2, -0.15) is 0 Å². The first kappa shape index (κ1) is 21.1. The molecule has 0 aliphatic heterocycles. The van der Waals surface area contributed by atoms with Gasteiger partial charge in [-0.05, 0) is 38.1 Å². The van der Waals surface area contributed by atoms with E-state index < -0.39 is 19.0 Å². The predicted octanol–water partition coefficient (Wildman–Crippen LogP) is 4.44. The summed E-state index contributed by atoms with van der Waals surface area (Å²) in [6.07, 6.45) is 7.20. The summed E-state index contributed by atoms with van der Waals surface area (Å²) in [6, 6.07) is 9.79. The van der Waals surface area contributed by atoms with E-state index in [1.165, 1.54) is 31.3 Å². The minimum atomic E-state index is -0.469. The molecule has 2 rings (SSSR count). The number of nitrogens with zero attached hydrogens (tertiary/aromatic N) is 1. The molecule has 1 aromatic rings. The Morgan fingerprint density at radius 1 is 1.22 bits per heavy atom. The molecule has 1 atom stereocenters. The highest BCUT2D eigenvalue weighted by molar-refractivity contribution is 6.58. The number of carbonyl (C=O) groups excluding carboxylic acids is 2. The number of amides is 1. The topological polar surface area (TPSA) is 55.8 Å². The fourth-order valence-corrected chi connectivity index (χ4v) is 3.53. The monoisotopic (exact) mass is 371 g/mol. The van der Waals surface area contributed by atoms with Crippen LogP contribution in [-0.2, 0) is 14.2 Å². The van der Waals surface area contributed by atoms with Crippen LogP contribution in [-0.4, -0.2) is 43.6 Å². The Kier molecular flexibility index (Phi) is 8.43. The molecule has 0 unspecified atom stereocenters. The second kappa shape index (κ2) is 10.8. The Bertz CT molecular complexity index is 628. The minimum absolute atomic E-state index is 0.0535. The highest BCUT2D eigenvalue weighted by Crippen LogP contribution is 2.29. The first-order valence-corrected chi connectivity index (χ1v) is 9.78. The van der Waals surface area contributed by atoms with Crippen molar-refractivity contribution in [1.82, 2.24) is 4.90 Å². The molecule has 0 radical (unpaired) electrons. The van der Waals surface area contributed by atoms with Crippen LogP contribution in [0.25, 0.3) is 6.08 Å². The molecule has 1 aromatic carbocycles. The number of carbonyl (C=O) groups is 2. The highest BCUT2D eigenvalue weighted by atomic mass is 16.5. The number of hydrogen-bond acceptors (Lipinski definition) is 4. The lowest BCUT2D eigenvalue weighted by Crippen LogP contribution is -2.47. The van der Waals surface area contributed by atoms with Crippen LogP contribution in [0.4, 0.5) is 4.79 Å². The van der Waals surface area contributed by atoms with Gasteiger partial charge in [0.2, 0.25) is 0 Å². The molecule has 146 valence electrons. The van der Waals surface area contributed by atoms with Gasteiger partial charge in [0.15, 0.2) is 0 Å². The van der Waals surface area contributed by atoms with E-state index in [9.17, 15) is 9.59 Å². The number of rotatable bonds is 7. The van der Waals surface area contributed by atoms with Crippen molar-refractivity contribution in [3.8, 4) is 0 Å². The van der Waals surface area contributed by atoms with E-state index in [-0.39, 0.29) is 12.6 Å². The van der Waals surface area contributed by atoms with Crippen molar-refractivity contribution in [1.29, 1.82) is 0 Å². The molecule has 1 fully saturated rings. The van der Waals surface area contributed by atoms with Crippen LogP contribution in [0.5, 0.6) is 0 Å². The Labute approximate surface area is 162 Å². The summed E-state index contributed by atoms with van der Waals surface area (Å²) in [5, 5.41) is 0. The van der Waals surface area contributed by atoms with E-state index in [1.807, 2.05) is 56.1 Å². The molecule has 0 N–H and O–H groups in total. The van der Waals surface area contributed by atoms with Crippen molar-refractivity contribution in [2.24, 2.45) is 5.92 Å². The summed E-state index contributed by atoms with van der Waals surface area (Å²) in [6.45, 7) is 3.35. The van der Waals surface area contributed by atoms with Crippen LogP contribution < -0.4 is 0 Å². The third kappa shape index (κ3) is 6.77. The molecule has 1 saturated carbocycles. The summed E-state index contributed by atoms with van der Waals surface area (Å²) in [5.74, 6) is 1.81. The molecule has 5 nitrogen and oxygen atoms in total. The van der Waals surface area contributed by atoms with Gasteiger partial charge in [0, 0.05) is 6.04 Å². The molecular weight excluding hydrogens is 341 g/mol. The van der Waals surface area contributed by atoms with Gasteiger partial charge in [0.05, 0.1) is 7.11 Å². The van der Waals surface area contributed by atoms with Crippen LogP contribution in [0, 0.1) is 5.92 Å². The SMILES string of the molecule is COC(=O)CN(C(=O)OB(C)/C=C/c1ccccc1)[C@@H](C)C1CCCCC1. The van der Waals surface area contributed by atoms with Crippen molar-refractivity contribution in [3.05, 3.63) is 41.9 Å².